The molecule has 9 heavy (non-hydrogen) atoms. The van der Waals surface area contributed by atoms with Crippen LogP contribution in [0.5, 0.6) is 0 Å². The number of hydrogen-bond acceptors (Lipinski definition) is 5. The maximum atomic E-state index is 8.89. The van der Waals surface area contributed by atoms with Crippen LogP contribution in [0.4, 0.5) is 0 Å². The Morgan fingerprint density at radius 3 is 1.44 bits per heavy atom. The van der Waals surface area contributed by atoms with Gasteiger partial charge in [-0.15, -0.1) is 0 Å². The van der Waals surface area contributed by atoms with Gasteiger partial charge in [0.1, 0.15) is 0 Å². The molecule has 0 saturated carbocycles. The number of carboxylic acid groups (broad SMARTS) is 1. The number of carboxylic acids is 1. The minimum atomic E-state index is -1.75. The summed E-state index contributed by atoms with van der Waals surface area (Å²) in [7, 11) is 0. The Kier molecular flexibility index (Phi) is 17.9. The molecule has 0 spiro atoms. The maximum Gasteiger partial charge on any atom is 2.00 e. The number of carbonyl (C=O) groups is 1. The molecule has 0 bridgehead atoms. The molecular formula is C2H3CuNO5. The largest absolute Gasteiger partial charge is 2.00 e. The minimum absolute atomic E-state index is 0. The van der Waals surface area contributed by atoms with Crippen molar-refractivity contribution < 1.29 is 32.1 Å². The first kappa shape index (κ1) is 15.7. The second-order valence-corrected chi connectivity index (χ2v) is 0.715. The van der Waals surface area contributed by atoms with E-state index in [1.165, 1.54) is 0 Å². The summed E-state index contributed by atoms with van der Waals surface area (Å²) in [5.74, 6) is -1.08. The number of aliphatic carboxylic acids is 1. The van der Waals surface area contributed by atoms with E-state index in [4.69, 9.17) is 25.2 Å². The molecule has 0 unspecified atom stereocenters. The van der Waals surface area contributed by atoms with Crippen molar-refractivity contribution >= 4 is 5.97 Å². The van der Waals surface area contributed by atoms with Crippen LogP contribution in [0.3, 0.4) is 0 Å². The molecule has 0 heterocycles. The van der Waals surface area contributed by atoms with Crippen LogP contribution in [0.25, 0.3) is 0 Å². The first-order valence-corrected chi connectivity index (χ1v) is 1.46. The zero-order valence-electron chi connectivity index (χ0n) is 4.29. The molecule has 0 aliphatic carbocycles. The Morgan fingerprint density at radius 2 is 1.44 bits per heavy atom. The average molecular weight is 185 g/mol. The summed E-state index contributed by atoms with van der Waals surface area (Å²) in [4.78, 5) is 17.1. The van der Waals surface area contributed by atoms with E-state index in [0.29, 0.717) is 0 Å². The van der Waals surface area contributed by atoms with Crippen LogP contribution < -0.4 is 5.11 Å². The molecule has 0 aromatic carbocycles. The molecule has 0 amide bonds. The topological polar surface area (TPSA) is 106 Å². The standard InChI is InChI=1S/C2H4O2.Cu.NO3/c1-2(3)4;;2-1(3)4/h1H3,(H,3,4);;/q;+2;-1/p-1. The van der Waals surface area contributed by atoms with Gasteiger partial charge in [0.05, 0.1) is 5.09 Å². The smallest absolute Gasteiger partial charge is 0.550 e. The summed E-state index contributed by atoms with van der Waals surface area (Å²) >= 11 is 0. The Labute approximate surface area is 61.1 Å². The van der Waals surface area contributed by atoms with E-state index < -0.39 is 11.1 Å². The molecule has 0 aliphatic rings. The Morgan fingerprint density at radius 1 is 1.44 bits per heavy atom. The fourth-order valence-electron chi connectivity index (χ4n) is 0. The van der Waals surface area contributed by atoms with Crippen LogP contribution in [0, 0.1) is 15.3 Å². The van der Waals surface area contributed by atoms with Gasteiger partial charge in [-0.3, -0.25) is 0 Å². The van der Waals surface area contributed by atoms with Crippen molar-refractivity contribution in [3.05, 3.63) is 15.3 Å². The van der Waals surface area contributed by atoms with E-state index in [-0.39, 0.29) is 17.1 Å². The molecule has 0 aromatic rings. The third kappa shape index (κ3) is 295. The molecule has 7 heteroatoms. The monoisotopic (exact) mass is 184 g/mol. The SMILES string of the molecule is CC(=O)[O-].O=[N+]([O-])[O-].[Cu+2]. The molecule has 0 aromatic heterocycles. The van der Waals surface area contributed by atoms with Gasteiger partial charge in [-0.05, 0) is 6.92 Å². The summed E-state index contributed by atoms with van der Waals surface area (Å²) < 4.78 is 0. The zero-order chi connectivity index (χ0) is 7.15. The summed E-state index contributed by atoms with van der Waals surface area (Å²) in [6, 6.07) is 0. The fraction of sp³-hybridized carbons (Fsp3) is 0.500. The molecule has 57 valence electrons. The van der Waals surface area contributed by atoms with Crippen molar-refractivity contribution in [2.24, 2.45) is 0 Å². The van der Waals surface area contributed by atoms with Crippen molar-refractivity contribution in [3.8, 4) is 0 Å². The first-order chi connectivity index (χ1) is 3.46. The van der Waals surface area contributed by atoms with Crippen molar-refractivity contribution in [1.82, 2.24) is 0 Å². The third-order valence-electron chi connectivity index (χ3n) is 0. The van der Waals surface area contributed by atoms with E-state index >= 15 is 0 Å². The molecule has 1 radical (unpaired) electrons. The van der Waals surface area contributed by atoms with Crippen molar-refractivity contribution in [2.45, 2.75) is 6.92 Å². The normalized spacial score (nSPS) is 5.44. The van der Waals surface area contributed by atoms with E-state index in [1.54, 1.807) is 0 Å². The van der Waals surface area contributed by atoms with Crippen LogP contribution in [-0.2, 0) is 21.9 Å². The molecule has 0 atom stereocenters. The molecular weight excluding hydrogens is 182 g/mol. The summed E-state index contributed by atoms with van der Waals surface area (Å²) in [6.07, 6.45) is 0. The maximum absolute atomic E-state index is 8.89. The van der Waals surface area contributed by atoms with E-state index in [1.807, 2.05) is 0 Å². The zero-order valence-corrected chi connectivity index (χ0v) is 5.23. The van der Waals surface area contributed by atoms with Crippen molar-refractivity contribution in [2.75, 3.05) is 0 Å². The number of nitrogens with zero attached hydrogens (tertiary/aromatic N) is 1. The Bertz CT molecular complexity index is 73.0. The number of hydrogen-bond donors (Lipinski definition) is 0. The van der Waals surface area contributed by atoms with Gasteiger partial charge in [-0.2, -0.15) is 0 Å². The fourth-order valence-corrected chi connectivity index (χ4v) is 0. The second kappa shape index (κ2) is 10.2. The molecule has 0 saturated heterocycles. The molecule has 0 fully saturated rings. The molecule has 0 rings (SSSR count). The van der Waals surface area contributed by atoms with Crippen LogP contribution in [-0.4, -0.2) is 11.1 Å². The number of rotatable bonds is 0. The van der Waals surface area contributed by atoms with E-state index in [0.717, 1.165) is 6.92 Å². The van der Waals surface area contributed by atoms with Gasteiger partial charge in [-0.25, -0.2) is 0 Å². The van der Waals surface area contributed by atoms with Crippen LogP contribution >= 0.6 is 0 Å². The van der Waals surface area contributed by atoms with Crippen LogP contribution in [0.1, 0.15) is 6.92 Å². The van der Waals surface area contributed by atoms with Crippen molar-refractivity contribution in [1.29, 1.82) is 0 Å². The Balaban J connectivity index is -0.0000000720. The second-order valence-electron chi connectivity index (χ2n) is 0.715. The molecule has 0 aliphatic heterocycles. The molecule has 0 N–H and O–H groups in total. The molecule has 6 nitrogen and oxygen atoms in total. The van der Waals surface area contributed by atoms with Gasteiger partial charge in [0.2, 0.25) is 0 Å². The van der Waals surface area contributed by atoms with Crippen LogP contribution in [0.15, 0.2) is 0 Å². The van der Waals surface area contributed by atoms with Crippen molar-refractivity contribution in [3.63, 3.8) is 0 Å². The summed E-state index contributed by atoms with van der Waals surface area (Å²) in [5, 5.41) is 23.6. The predicted octanol–water partition coefficient (Wildman–Crippen LogP) is -1.49. The predicted molar refractivity (Wildman–Crippen MR) is 21.0 cm³/mol. The number of carbonyl (C=O) groups excluding carboxylic acids is 1. The van der Waals surface area contributed by atoms with E-state index in [9.17, 15) is 0 Å². The quantitative estimate of drug-likeness (QED) is 0.259. The van der Waals surface area contributed by atoms with Gasteiger partial charge in [0.15, 0.2) is 0 Å². The van der Waals surface area contributed by atoms with Gasteiger partial charge in [0, 0.05) is 5.97 Å². The third-order valence-corrected chi connectivity index (χ3v) is 0. The van der Waals surface area contributed by atoms with Gasteiger partial charge in [0.25, 0.3) is 0 Å². The average Bonchev–Trinajstić information content (AvgIpc) is 1.25. The van der Waals surface area contributed by atoms with Gasteiger partial charge < -0.3 is 25.2 Å². The Hall–Kier alpha value is -0.811. The summed E-state index contributed by atoms with van der Waals surface area (Å²) in [6.45, 7) is 0.972. The first-order valence-electron chi connectivity index (χ1n) is 1.46. The van der Waals surface area contributed by atoms with Crippen LogP contribution in [0.2, 0.25) is 0 Å². The van der Waals surface area contributed by atoms with E-state index in [2.05, 4.69) is 0 Å². The van der Waals surface area contributed by atoms with Gasteiger partial charge >= 0.3 is 17.1 Å². The van der Waals surface area contributed by atoms with Gasteiger partial charge in [-0.1, -0.05) is 0 Å². The summed E-state index contributed by atoms with van der Waals surface area (Å²) in [5.41, 5.74) is 0. The minimum Gasteiger partial charge on any atom is -0.550 e.